The van der Waals surface area contributed by atoms with Crippen LogP contribution in [0.5, 0.6) is 11.5 Å². The average Bonchev–Trinajstić information content (AvgIpc) is 2.85. The Labute approximate surface area is 204 Å². The fourth-order valence-electron chi connectivity index (χ4n) is 4.13. The number of nitrogens with zero attached hydrogens (tertiary/aromatic N) is 1. The first-order chi connectivity index (χ1) is 16.9. The molecule has 0 aliphatic carbocycles. The molecule has 4 rings (SSSR count). The summed E-state index contributed by atoms with van der Waals surface area (Å²) in [4.78, 5) is 31.0. The van der Waals surface area contributed by atoms with Gasteiger partial charge >= 0.3 is 6.03 Å². The molecule has 0 atom stereocenters. The number of urea groups is 1. The van der Waals surface area contributed by atoms with Gasteiger partial charge in [-0.3, -0.25) is 4.79 Å². The molecule has 3 aromatic carbocycles. The first-order valence-electron chi connectivity index (χ1n) is 11.3. The van der Waals surface area contributed by atoms with Crippen LogP contribution in [-0.2, 0) is 13.1 Å². The molecule has 0 fully saturated rings. The normalized spacial score (nSPS) is 10.7. The maximum absolute atomic E-state index is 13.4. The summed E-state index contributed by atoms with van der Waals surface area (Å²) in [5.41, 5.74) is 4.69. The van der Waals surface area contributed by atoms with Crippen molar-refractivity contribution in [3.8, 4) is 11.5 Å². The number of ether oxygens (including phenoxy) is 2. The Hall–Kier alpha value is -4.26. The number of rotatable bonds is 7. The van der Waals surface area contributed by atoms with Gasteiger partial charge < -0.3 is 24.7 Å². The molecule has 35 heavy (non-hydrogen) atoms. The summed E-state index contributed by atoms with van der Waals surface area (Å²) < 4.78 is 10.6. The topological polar surface area (TPSA) is 83.7 Å². The van der Waals surface area contributed by atoms with Crippen LogP contribution in [-0.4, -0.2) is 30.1 Å². The first-order valence-corrected chi connectivity index (χ1v) is 11.3. The summed E-state index contributed by atoms with van der Waals surface area (Å²) in [6.45, 7) is 4.44. The van der Waals surface area contributed by atoms with Crippen molar-refractivity contribution in [3.63, 3.8) is 0 Å². The largest absolute Gasteiger partial charge is 0.497 e. The van der Waals surface area contributed by atoms with Crippen LogP contribution in [0.2, 0.25) is 0 Å². The van der Waals surface area contributed by atoms with Gasteiger partial charge in [0.05, 0.1) is 26.5 Å². The summed E-state index contributed by atoms with van der Waals surface area (Å²) in [7, 11) is 3.16. The number of pyridine rings is 1. The summed E-state index contributed by atoms with van der Waals surface area (Å²) >= 11 is 0. The molecule has 4 aromatic rings. The van der Waals surface area contributed by atoms with E-state index in [1.165, 1.54) is 0 Å². The predicted molar refractivity (Wildman–Crippen MR) is 138 cm³/mol. The van der Waals surface area contributed by atoms with Gasteiger partial charge in [-0.2, -0.15) is 0 Å². The highest BCUT2D eigenvalue weighted by atomic mass is 16.5. The Kier molecular flexibility index (Phi) is 7.06. The number of nitrogens with one attached hydrogen (secondary N) is 2. The molecule has 2 N–H and O–H groups in total. The highest BCUT2D eigenvalue weighted by molar-refractivity contribution is 5.91. The lowest BCUT2D eigenvalue weighted by Gasteiger charge is -2.24. The quantitative estimate of drug-likeness (QED) is 0.378. The number of methoxy groups -OCH3 is 2. The maximum Gasteiger partial charge on any atom is 0.322 e. The number of amides is 2. The smallest absolute Gasteiger partial charge is 0.322 e. The van der Waals surface area contributed by atoms with E-state index in [-0.39, 0.29) is 18.1 Å². The predicted octanol–water partition coefficient (Wildman–Crippen LogP) is 5.40. The number of benzene rings is 3. The third-order valence-electron chi connectivity index (χ3n) is 5.92. The number of anilines is 1. The SMILES string of the molecule is COc1ccc(CN(Cc2cc3c(C)cc(C)cc3[nH]c2=O)C(=O)Nc2ccccc2OC)cc1. The minimum Gasteiger partial charge on any atom is -0.497 e. The number of hydrogen-bond donors (Lipinski definition) is 2. The summed E-state index contributed by atoms with van der Waals surface area (Å²) in [5, 5.41) is 3.88. The van der Waals surface area contributed by atoms with Gasteiger partial charge in [0.1, 0.15) is 11.5 Å². The summed E-state index contributed by atoms with van der Waals surface area (Å²) in [6, 6.07) is 20.3. The number of fused-ring (bicyclic) bond motifs is 1. The van der Waals surface area contributed by atoms with Crippen molar-refractivity contribution in [1.29, 1.82) is 0 Å². The highest BCUT2D eigenvalue weighted by Crippen LogP contribution is 2.25. The Morgan fingerprint density at radius 1 is 0.943 bits per heavy atom. The van der Waals surface area contributed by atoms with Gasteiger partial charge in [0.2, 0.25) is 0 Å². The van der Waals surface area contributed by atoms with Gasteiger partial charge in [-0.25, -0.2) is 4.79 Å². The second kappa shape index (κ2) is 10.3. The molecule has 0 radical (unpaired) electrons. The van der Waals surface area contributed by atoms with E-state index in [0.29, 0.717) is 23.5 Å². The molecular formula is C28H29N3O4. The molecule has 7 nitrogen and oxygen atoms in total. The average molecular weight is 472 g/mol. The van der Waals surface area contributed by atoms with Gasteiger partial charge in [-0.05, 0) is 66.9 Å². The van der Waals surface area contributed by atoms with Gasteiger partial charge in [0.15, 0.2) is 0 Å². The van der Waals surface area contributed by atoms with Crippen molar-refractivity contribution in [2.45, 2.75) is 26.9 Å². The third-order valence-corrected chi connectivity index (χ3v) is 5.92. The lowest BCUT2D eigenvalue weighted by Crippen LogP contribution is -2.35. The van der Waals surface area contributed by atoms with E-state index in [1.54, 1.807) is 31.3 Å². The number of H-pyrrole nitrogens is 1. The Balaban J connectivity index is 1.68. The Morgan fingerprint density at radius 2 is 1.69 bits per heavy atom. The minimum atomic E-state index is -0.342. The Morgan fingerprint density at radius 3 is 2.40 bits per heavy atom. The van der Waals surface area contributed by atoms with Crippen molar-refractivity contribution < 1.29 is 14.3 Å². The van der Waals surface area contributed by atoms with Crippen LogP contribution >= 0.6 is 0 Å². The van der Waals surface area contributed by atoms with Crippen LogP contribution < -0.4 is 20.3 Å². The second-order valence-corrected chi connectivity index (χ2v) is 8.50. The van der Waals surface area contributed by atoms with Crippen LogP contribution in [0.15, 0.2) is 71.5 Å². The number of carbonyl (C=O) groups excluding carboxylic acids is 1. The molecule has 2 amide bonds. The number of aromatic amines is 1. The van der Waals surface area contributed by atoms with Gasteiger partial charge in [-0.1, -0.05) is 30.3 Å². The molecule has 0 bridgehead atoms. The zero-order valence-electron chi connectivity index (χ0n) is 20.3. The van der Waals surface area contributed by atoms with E-state index < -0.39 is 0 Å². The number of aryl methyl sites for hydroxylation is 2. The van der Waals surface area contributed by atoms with Crippen molar-refractivity contribution >= 4 is 22.6 Å². The zero-order chi connectivity index (χ0) is 24.9. The monoisotopic (exact) mass is 471 g/mol. The molecule has 0 saturated heterocycles. The highest BCUT2D eigenvalue weighted by Gasteiger charge is 2.19. The number of para-hydroxylation sites is 2. The molecule has 1 aromatic heterocycles. The van der Waals surface area contributed by atoms with E-state index in [9.17, 15) is 9.59 Å². The number of carbonyl (C=O) groups is 1. The van der Waals surface area contributed by atoms with Crippen molar-refractivity contribution in [2.75, 3.05) is 19.5 Å². The van der Waals surface area contributed by atoms with E-state index in [2.05, 4.69) is 16.4 Å². The maximum atomic E-state index is 13.4. The molecule has 7 heteroatoms. The molecule has 0 aliphatic rings. The third kappa shape index (κ3) is 5.46. The fourth-order valence-corrected chi connectivity index (χ4v) is 4.13. The van der Waals surface area contributed by atoms with Crippen molar-refractivity contribution in [1.82, 2.24) is 9.88 Å². The van der Waals surface area contributed by atoms with Crippen LogP contribution in [0.25, 0.3) is 10.9 Å². The lowest BCUT2D eigenvalue weighted by molar-refractivity contribution is 0.206. The second-order valence-electron chi connectivity index (χ2n) is 8.50. The first kappa shape index (κ1) is 23.9. The van der Waals surface area contributed by atoms with Crippen LogP contribution in [0, 0.1) is 13.8 Å². The molecule has 1 heterocycles. The minimum absolute atomic E-state index is 0.131. The van der Waals surface area contributed by atoms with Gasteiger partial charge in [0.25, 0.3) is 5.56 Å². The Bertz CT molecular complexity index is 1410. The number of aromatic nitrogens is 1. The van der Waals surface area contributed by atoms with Crippen LogP contribution in [0.3, 0.4) is 0 Å². The van der Waals surface area contributed by atoms with E-state index >= 15 is 0 Å². The zero-order valence-corrected chi connectivity index (χ0v) is 20.3. The van der Waals surface area contributed by atoms with Gasteiger partial charge in [0, 0.05) is 23.0 Å². The van der Waals surface area contributed by atoms with E-state index in [0.717, 1.165) is 33.3 Å². The van der Waals surface area contributed by atoms with Gasteiger partial charge in [-0.15, -0.1) is 0 Å². The summed E-state index contributed by atoms with van der Waals surface area (Å²) in [5.74, 6) is 1.29. The molecule has 0 saturated carbocycles. The van der Waals surface area contributed by atoms with Crippen LogP contribution in [0.4, 0.5) is 10.5 Å². The van der Waals surface area contributed by atoms with Crippen LogP contribution in [0.1, 0.15) is 22.3 Å². The van der Waals surface area contributed by atoms with E-state index in [4.69, 9.17) is 9.47 Å². The molecule has 0 aliphatic heterocycles. The molecular weight excluding hydrogens is 442 g/mol. The lowest BCUT2D eigenvalue weighted by atomic mass is 10.0. The van der Waals surface area contributed by atoms with E-state index in [1.807, 2.05) is 62.4 Å². The number of hydrogen-bond acceptors (Lipinski definition) is 4. The molecule has 0 unspecified atom stereocenters. The molecule has 180 valence electrons. The van der Waals surface area contributed by atoms with Crippen molar-refractivity contribution in [3.05, 3.63) is 99.3 Å². The summed E-state index contributed by atoms with van der Waals surface area (Å²) in [6.07, 6.45) is 0. The van der Waals surface area contributed by atoms with Crippen molar-refractivity contribution in [2.24, 2.45) is 0 Å². The fraction of sp³-hybridized carbons (Fsp3) is 0.214. The standard InChI is InChI=1S/C28H29N3O4/c1-18-13-19(2)23-15-21(27(32)29-25(23)14-18)17-31(16-20-9-11-22(34-3)12-10-20)28(33)30-24-7-5-6-8-26(24)35-4/h5-15H,16-17H2,1-4H3,(H,29,32)(H,30,33). The molecule has 0 spiro atoms.